The van der Waals surface area contributed by atoms with Gasteiger partial charge in [0.2, 0.25) is 15.9 Å². The van der Waals surface area contributed by atoms with E-state index in [0.29, 0.717) is 0 Å². The van der Waals surface area contributed by atoms with E-state index in [-0.39, 0.29) is 11.3 Å². The summed E-state index contributed by atoms with van der Waals surface area (Å²) in [5, 5.41) is 2.96. The Hall–Kier alpha value is -2.48. The maximum atomic E-state index is 13.3. The number of benzene rings is 3. The van der Waals surface area contributed by atoms with Crippen LogP contribution in [0.2, 0.25) is 0 Å². The quantitative estimate of drug-likeness (QED) is 0.464. The van der Waals surface area contributed by atoms with Gasteiger partial charge in [-0.05, 0) is 60.7 Å². The summed E-state index contributed by atoms with van der Waals surface area (Å²) in [6.45, 7) is 3.94. The minimum absolute atomic E-state index is 0.103. The van der Waals surface area contributed by atoms with Crippen LogP contribution < -0.4 is 10.0 Å². The fraction of sp³-hybridized carbons (Fsp3) is 0.208. The molecule has 162 valence electrons. The number of hydrogen-bond acceptors (Lipinski definition) is 3. The lowest BCUT2D eigenvalue weighted by molar-refractivity contribution is -0.117. The highest BCUT2D eigenvalue weighted by molar-refractivity contribution is 9.10. The smallest absolute Gasteiger partial charge is 0.242 e. The maximum absolute atomic E-state index is 13.3. The molecule has 5 nitrogen and oxygen atoms in total. The van der Waals surface area contributed by atoms with Crippen molar-refractivity contribution in [2.24, 2.45) is 0 Å². The molecule has 3 aromatic carbocycles. The lowest BCUT2D eigenvalue weighted by Gasteiger charge is -2.21. The lowest BCUT2D eigenvalue weighted by Crippen LogP contribution is -2.45. The van der Waals surface area contributed by atoms with Crippen molar-refractivity contribution in [2.75, 3.05) is 5.32 Å². The molecule has 7 heteroatoms. The second-order valence-corrected chi connectivity index (χ2v) is 9.90. The zero-order valence-electron chi connectivity index (χ0n) is 17.4. The van der Waals surface area contributed by atoms with Gasteiger partial charge in [-0.2, -0.15) is 4.72 Å². The van der Waals surface area contributed by atoms with E-state index >= 15 is 0 Å². The summed E-state index contributed by atoms with van der Waals surface area (Å²) in [6, 6.07) is 20.5. The molecule has 0 aliphatic carbocycles. The number of para-hydroxylation sites is 1. The fourth-order valence-electron chi connectivity index (χ4n) is 3.32. The Balaban J connectivity index is 1.91. The van der Waals surface area contributed by atoms with E-state index in [9.17, 15) is 13.2 Å². The number of anilines is 1. The molecule has 0 saturated carbocycles. The van der Waals surface area contributed by atoms with Crippen molar-refractivity contribution in [3.63, 3.8) is 0 Å². The lowest BCUT2D eigenvalue weighted by atomic mass is 10.0. The molecule has 0 aliphatic rings. The van der Waals surface area contributed by atoms with Gasteiger partial charge in [0.05, 0.1) is 4.90 Å². The van der Waals surface area contributed by atoms with Gasteiger partial charge in [0.1, 0.15) is 6.04 Å². The Morgan fingerprint density at radius 1 is 0.968 bits per heavy atom. The van der Waals surface area contributed by atoms with Crippen LogP contribution in [0.25, 0.3) is 0 Å². The van der Waals surface area contributed by atoms with Crippen molar-refractivity contribution in [3.05, 3.63) is 94.0 Å². The van der Waals surface area contributed by atoms with Gasteiger partial charge in [-0.25, -0.2) is 8.42 Å². The van der Waals surface area contributed by atoms with Crippen LogP contribution in [0.1, 0.15) is 23.6 Å². The molecule has 0 unspecified atom stereocenters. The minimum Gasteiger partial charge on any atom is -0.324 e. The summed E-state index contributed by atoms with van der Waals surface area (Å²) >= 11 is 3.31. The molecule has 3 rings (SSSR count). The van der Waals surface area contributed by atoms with Crippen molar-refractivity contribution in [2.45, 2.75) is 37.6 Å². The molecule has 3 aromatic rings. The number of carbonyl (C=O) groups excluding carboxylic acids is 1. The standard InChI is InChI=1S/C24H25BrN2O3S/c1-3-19-11-7-8-17(2)23(19)26-24(28)22(16-18-9-5-4-6-10-18)27-31(29,30)21-14-12-20(25)13-15-21/h4-15,22,27H,3,16H2,1-2H3,(H,26,28)/t22-/m1/s1. The maximum Gasteiger partial charge on any atom is 0.242 e. The summed E-state index contributed by atoms with van der Waals surface area (Å²) in [6.07, 6.45) is 0.987. The first kappa shape index (κ1) is 23.2. The minimum atomic E-state index is -3.89. The number of nitrogens with one attached hydrogen (secondary N) is 2. The van der Waals surface area contributed by atoms with Crippen molar-refractivity contribution >= 4 is 37.5 Å². The molecular weight excluding hydrogens is 476 g/mol. The van der Waals surface area contributed by atoms with Crippen LogP contribution in [-0.2, 0) is 27.7 Å². The van der Waals surface area contributed by atoms with Gasteiger partial charge in [-0.3, -0.25) is 4.79 Å². The van der Waals surface area contributed by atoms with Gasteiger partial charge in [-0.1, -0.05) is 71.4 Å². The predicted octanol–water partition coefficient (Wildman–Crippen LogP) is 4.85. The monoisotopic (exact) mass is 500 g/mol. The van der Waals surface area contributed by atoms with Crippen LogP contribution in [0.4, 0.5) is 5.69 Å². The van der Waals surface area contributed by atoms with Gasteiger partial charge in [-0.15, -0.1) is 0 Å². The Bertz CT molecular complexity index is 1150. The summed E-state index contributed by atoms with van der Waals surface area (Å²) in [5.41, 5.74) is 3.53. The fourth-order valence-corrected chi connectivity index (χ4v) is 4.78. The molecule has 2 N–H and O–H groups in total. The number of halogens is 1. The number of rotatable bonds is 8. The van der Waals surface area contributed by atoms with Crippen LogP contribution in [0, 0.1) is 6.92 Å². The summed E-state index contributed by atoms with van der Waals surface area (Å²) in [4.78, 5) is 13.4. The highest BCUT2D eigenvalue weighted by Gasteiger charge is 2.27. The van der Waals surface area contributed by atoms with E-state index in [4.69, 9.17) is 0 Å². The van der Waals surface area contributed by atoms with E-state index < -0.39 is 22.0 Å². The molecule has 0 spiro atoms. The predicted molar refractivity (Wildman–Crippen MR) is 128 cm³/mol. The van der Waals surface area contributed by atoms with E-state index in [1.165, 1.54) is 12.1 Å². The van der Waals surface area contributed by atoms with Crippen LogP contribution in [0.15, 0.2) is 82.2 Å². The third-order valence-corrected chi connectivity index (χ3v) is 7.02. The summed E-state index contributed by atoms with van der Waals surface area (Å²) in [5.74, 6) is -0.395. The summed E-state index contributed by atoms with van der Waals surface area (Å²) in [7, 11) is -3.89. The topological polar surface area (TPSA) is 75.3 Å². The van der Waals surface area contributed by atoms with Crippen molar-refractivity contribution < 1.29 is 13.2 Å². The SMILES string of the molecule is CCc1cccc(C)c1NC(=O)[C@@H](Cc1ccccc1)NS(=O)(=O)c1ccc(Br)cc1. The van der Waals surface area contributed by atoms with Crippen LogP contribution in [0.5, 0.6) is 0 Å². The Labute approximate surface area is 192 Å². The molecule has 0 fully saturated rings. The van der Waals surface area contributed by atoms with Crippen molar-refractivity contribution in [1.82, 2.24) is 4.72 Å². The second-order valence-electron chi connectivity index (χ2n) is 7.27. The number of sulfonamides is 1. The first-order chi connectivity index (χ1) is 14.8. The molecule has 0 heterocycles. The molecule has 0 aliphatic heterocycles. The van der Waals surface area contributed by atoms with E-state index in [0.717, 1.165) is 33.3 Å². The van der Waals surface area contributed by atoms with E-state index in [1.807, 2.05) is 62.4 Å². The third kappa shape index (κ3) is 6.03. The molecule has 1 amide bonds. The first-order valence-electron chi connectivity index (χ1n) is 10.0. The molecule has 31 heavy (non-hydrogen) atoms. The molecule has 0 aromatic heterocycles. The van der Waals surface area contributed by atoms with E-state index in [2.05, 4.69) is 26.0 Å². The van der Waals surface area contributed by atoms with Crippen LogP contribution >= 0.6 is 15.9 Å². The largest absolute Gasteiger partial charge is 0.324 e. The normalized spacial score (nSPS) is 12.4. The summed E-state index contributed by atoms with van der Waals surface area (Å²) < 4.78 is 29.3. The van der Waals surface area contributed by atoms with Crippen molar-refractivity contribution in [3.8, 4) is 0 Å². The van der Waals surface area contributed by atoms with Gasteiger partial charge >= 0.3 is 0 Å². The van der Waals surface area contributed by atoms with Gasteiger partial charge in [0, 0.05) is 10.2 Å². The Kier molecular flexibility index (Phi) is 7.64. The third-order valence-electron chi connectivity index (χ3n) is 5.01. The highest BCUT2D eigenvalue weighted by atomic mass is 79.9. The van der Waals surface area contributed by atoms with Crippen LogP contribution in [-0.4, -0.2) is 20.4 Å². The zero-order chi connectivity index (χ0) is 22.4. The molecule has 0 saturated heterocycles. The number of carbonyl (C=O) groups is 1. The molecule has 1 atom stereocenters. The van der Waals surface area contributed by atoms with E-state index in [1.54, 1.807) is 12.1 Å². The Morgan fingerprint density at radius 2 is 1.65 bits per heavy atom. The average molecular weight is 501 g/mol. The highest BCUT2D eigenvalue weighted by Crippen LogP contribution is 2.22. The number of amides is 1. The molecular formula is C24H25BrN2O3S. The van der Waals surface area contributed by atoms with Crippen LogP contribution in [0.3, 0.4) is 0 Å². The Morgan fingerprint density at radius 3 is 2.29 bits per heavy atom. The second kappa shape index (κ2) is 10.2. The zero-order valence-corrected chi connectivity index (χ0v) is 19.8. The number of hydrogen-bond donors (Lipinski definition) is 2. The first-order valence-corrected chi connectivity index (χ1v) is 12.3. The molecule has 0 radical (unpaired) electrons. The molecule has 0 bridgehead atoms. The van der Waals surface area contributed by atoms with Gasteiger partial charge in [0.25, 0.3) is 0 Å². The number of aryl methyl sites for hydroxylation is 2. The van der Waals surface area contributed by atoms with Gasteiger partial charge < -0.3 is 5.32 Å². The van der Waals surface area contributed by atoms with Gasteiger partial charge in [0.15, 0.2) is 0 Å². The average Bonchev–Trinajstić information content (AvgIpc) is 2.75. The van der Waals surface area contributed by atoms with Crippen molar-refractivity contribution in [1.29, 1.82) is 0 Å².